The van der Waals surface area contributed by atoms with Gasteiger partial charge in [0.05, 0.1) is 4.92 Å². The molecule has 108 valence electrons. The zero-order chi connectivity index (χ0) is 14.5. The number of non-ortho nitro benzene ring substituents is 1. The van der Waals surface area contributed by atoms with E-state index in [2.05, 4.69) is 15.9 Å². The molecule has 0 N–H and O–H groups in total. The normalized spacial score (nSPS) is 14.2. The van der Waals surface area contributed by atoms with Gasteiger partial charge in [0.2, 0.25) is 0 Å². The van der Waals surface area contributed by atoms with E-state index in [1.54, 1.807) is 11.0 Å². The molecule has 0 radical (unpaired) electrons. The lowest BCUT2D eigenvalue weighted by Gasteiger charge is -2.28. The lowest BCUT2D eigenvalue weighted by Crippen LogP contribution is -2.38. The number of carbonyl (C=O) groups is 1. The molecule has 1 heterocycles. The van der Waals surface area contributed by atoms with E-state index in [1.807, 2.05) is 0 Å². The molecule has 0 atom stereocenters. The average molecular weight is 341 g/mol. The van der Waals surface area contributed by atoms with Crippen molar-refractivity contribution in [1.29, 1.82) is 0 Å². The SMILES string of the molecule is O=C1c2cc([N+](=O)[O-])ccc2CCN1CCCCCBr. The first-order valence-corrected chi connectivity index (χ1v) is 7.88. The highest BCUT2D eigenvalue weighted by molar-refractivity contribution is 9.09. The van der Waals surface area contributed by atoms with Crippen LogP contribution in [0.2, 0.25) is 0 Å². The summed E-state index contributed by atoms with van der Waals surface area (Å²) in [4.78, 5) is 24.5. The van der Waals surface area contributed by atoms with Crippen LogP contribution in [0.15, 0.2) is 18.2 Å². The smallest absolute Gasteiger partial charge is 0.270 e. The lowest BCUT2D eigenvalue weighted by atomic mass is 9.98. The number of nitro benzene ring substituents is 1. The van der Waals surface area contributed by atoms with Gasteiger partial charge in [0, 0.05) is 36.1 Å². The minimum Gasteiger partial charge on any atom is -0.338 e. The molecule has 1 amide bonds. The molecule has 20 heavy (non-hydrogen) atoms. The van der Waals surface area contributed by atoms with E-state index < -0.39 is 4.92 Å². The summed E-state index contributed by atoms with van der Waals surface area (Å²) in [6.07, 6.45) is 3.93. The second kappa shape index (κ2) is 6.83. The van der Waals surface area contributed by atoms with Crippen LogP contribution in [0.4, 0.5) is 5.69 Å². The Labute approximate surface area is 126 Å². The predicted molar refractivity (Wildman–Crippen MR) is 80.3 cm³/mol. The molecule has 2 rings (SSSR count). The Bertz CT molecular complexity index is 519. The maximum absolute atomic E-state index is 12.3. The molecule has 5 nitrogen and oxygen atoms in total. The standard InChI is InChI=1S/C14H17BrN2O3/c15-7-2-1-3-8-16-9-6-11-4-5-12(17(19)20)10-13(11)14(16)18/h4-5,10H,1-3,6-9H2. The van der Waals surface area contributed by atoms with Crippen molar-refractivity contribution in [3.63, 3.8) is 0 Å². The molecule has 0 saturated carbocycles. The molecular weight excluding hydrogens is 324 g/mol. The van der Waals surface area contributed by atoms with Gasteiger partial charge in [0.25, 0.3) is 11.6 Å². The minimum absolute atomic E-state index is 0.0155. The summed E-state index contributed by atoms with van der Waals surface area (Å²) in [7, 11) is 0. The molecule has 0 bridgehead atoms. The summed E-state index contributed by atoms with van der Waals surface area (Å²) in [6, 6.07) is 4.58. The number of halogens is 1. The maximum atomic E-state index is 12.3. The molecule has 1 aliphatic heterocycles. The molecule has 1 aromatic rings. The second-order valence-electron chi connectivity index (χ2n) is 4.89. The van der Waals surface area contributed by atoms with Crippen molar-refractivity contribution in [2.45, 2.75) is 25.7 Å². The first-order valence-electron chi connectivity index (χ1n) is 6.76. The van der Waals surface area contributed by atoms with Crippen molar-refractivity contribution in [3.05, 3.63) is 39.4 Å². The van der Waals surface area contributed by atoms with Gasteiger partial charge in [-0.25, -0.2) is 0 Å². The molecule has 0 spiro atoms. The van der Waals surface area contributed by atoms with E-state index in [0.29, 0.717) is 12.1 Å². The number of alkyl halides is 1. The predicted octanol–water partition coefficient (Wildman–Crippen LogP) is 3.16. The maximum Gasteiger partial charge on any atom is 0.270 e. The minimum atomic E-state index is -0.456. The number of benzene rings is 1. The molecule has 0 fully saturated rings. The third-order valence-electron chi connectivity index (χ3n) is 3.53. The van der Waals surface area contributed by atoms with Gasteiger partial charge in [-0.1, -0.05) is 28.4 Å². The molecule has 0 aromatic heterocycles. The van der Waals surface area contributed by atoms with Crippen LogP contribution in [0.5, 0.6) is 0 Å². The highest BCUT2D eigenvalue weighted by Gasteiger charge is 2.25. The van der Waals surface area contributed by atoms with Crippen LogP contribution in [-0.2, 0) is 6.42 Å². The number of amides is 1. The van der Waals surface area contributed by atoms with Crippen molar-refractivity contribution in [2.75, 3.05) is 18.4 Å². The largest absolute Gasteiger partial charge is 0.338 e. The van der Waals surface area contributed by atoms with E-state index >= 15 is 0 Å². The number of rotatable bonds is 6. The zero-order valence-corrected chi connectivity index (χ0v) is 12.8. The summed E-state index contributed by atoms with van der Waals surface area (Å²) in [5.74, 6) is -0.0752. The highest BCUT2D eigenvalue weighted by atomic mass is 79.9. The molecule has 1 aliphatic rings. The van der Waals surface area contributed by atoms with E-state index in [4.69, 9.17) is 0 Å². The van der Waals surface area contributed by atoms with Crippen molar-refractivity contribution in [1.82, 2.24) is 4.90 Å². The number of carbonyl (C=O) groups excluding carboxylic acids is 1. The Morgan fingerprint density at radius 2 is 2.10 bits per heavy atom. The van der Waals surface area contributed by atoms with Crippen LogP contribution < -0.4 is 0 Å². The Balaban J connectivity index is 2.07. The number of fused-ring (bicyclic) bond motifs is 1. The summed E-state index contributed by atoms with van der Waals surface area (Å²) in [5, 5.41) is 11.8. The Kier molecular flexibility index (Phi) is 5.11. The van der Waals surface area contributed by atoms with Crippen LogP contribution in [0.3, 0.4) is 0 Å². The molecule has 1 aromatic carbocycles. The number of nitrogens with zero attached hydrogens (tertiary/aromatic N) is 2. The van der Waals surface area contributed by atoms with Gasteiger partial charge in [-0.3, -0.25) is 14.9 Å². The van der Waals surface area contributed by atoms with Crippen LogP contribution in [0, 0.1) is 10.1 Å². The van der Waals surface area contributed by atoms with Crippen molar-refractivity contribution in [2.24, 2.45) is 0 Å². The van der Waals surface area contributed by atoms with E-state index in [9.17, 15) is 14.9 Å². The summed E-state index contributed by atoms with van der Waals surface area (Å²) < 4.78 is 0. The van der Waals surface area contributed by atoms with Crippen LogP contribution in [0.1, 0.15) is 35.2 Å². The van der Waals surface area contributed by atoms with E-state index in [-0.39, 0.29) is 11.6 Å². The van der Waals surface area contributed by atoms with Crippen molar-refractivity contribution >= 4 is 27.5 Å². The first-order chi connectivity index (χ1) is 9.63. The number of hydrogen-bond donors (Lipinski definition) is 0. The summed E-state index contributed by atoms with van der Waals surface area (Å²) in [5.41, 5.74) is 1.39. The Hall–Kier alpha value is -1.43. The third-order valence-corrected chi connectivity index (χ3v) is 4.10. The number of hydrogen-bond acceptors (Lipinski definition) is 3. The van der Waals surface area contributed by atoms with Gasteiger partial charge in [0.1, 0.15) is 0 Å². The monoisotopic (exact) mass is 340 g/mol. The highest BCUT2D eigenvalue weighted by Crippen LogP contribution is 2.24. The molecule has 0 unspecified atom stereocenters. The molecule has 0 aliphatic carbocycles. The van der Waals surface area contributed by atoms with Crippen molar-refractivity contribution in [3.8, 4) is 0 Å². The quantitative estimate of drug-likeness (QED) is 0.346. The van der Waals surface area contributed by atoms with Gasteiger partial charge in [0.15, 0.2) is 0 Å². The van der Waals surface area contributed by atoms with Crippen LogP contribution >= 0.6 is 15.9 Å². The summed E-state index contributed by atoms with van der Waals surface area (Å²) in [6.45, 7) is 1.44. The molecular formula is C14H17BrN2O3. The zero-order valence-electron chi connectivity index (χ0n) is 11.2. The molecule has 0 saturated heterocycles. The van der Waals surface area contributed by atoms with Gasteiger partial charge < -0.3 is 4.90 Å². The summed E-state index contributed by atoms with van der Waals surface area (Å²) >= 11 is 3.39. The third kappa shape index (κ3) is 3.36. The lowest BCUT2D eigenvalue weighted by molar-refractivity contribution is -0.384. The number of nitro groups is 1. The van der Waals surface area contributed by atoms with Crippen LogP contribution in [-0.4, -0.2) is 34.2 Å². The van der Waals surface area contributed by atoms with Gasteiger partial charge in [-0.2, -0.15) is 0 Å². The fraction of sp³-hybridized carbons (Fsp3) is 0.500. The van der Waals surface area contributed by atoms with Crippen molar-refractivity contribution < 1.29 is 9.72 Å². The second-order valence-corrected chi connectivity index (χ2v) is 5.68. The van der Waals surface area contributed by atoms with Gasteiger partial charge in [-0.05, 0) is 24.8 Å². The van der Waals surface area contributed by atoms with Gasteiger partial charge in [-0.15, -0.1) is 0 Å². The average Bonchev–Trinajstić information content (AvgIpc) is 2.45. The Morgan fingerprint density at radius 3 is 2.80 bits per heavy atom. The van der Waals surface area contributed by atoms with Crippen LogP contribution in [0.25, 0.3) is 0 Å². The number of unbranched alkanes of at least 4 members (excludes halogenated alkanes) is 2. The Morgan fingerprint density at radius 1 is 1.30 bits per heavy atom. The topological polar surface area (TPSA) is 63.4 Å². The molecule has 6 heteroatoms. The van der Waals surface area contributed by atoms with E-state index in [1.165, 1.54) is 12.1 Å². The van der Waals surface area contributed by atoms with E-state index in [0.717, 1.165) is 43.1 Å². The fourth-order valence-corrected chi connectivity index (χ4v) is 2.81. The van der Waals surface area contributed by atoms with Gasteiger partial charge >= 0.3 is 0 Å². The fourth-order valence-electron chi connectivity index (χ4n) is 2.41. The first kappa shape index (κ1) is 15.0.